The number of anilines is 8. The summed E-state index contributed by atoms with van der Waals surface area (Å²) in [6.07, 6.45) is 0. The van der Waals surface area contributed by atoms with E-state index in [4.69, 9.17) is 23.1 Å². The smallest absolute Gasteiger partial charge is 0.258 e. The van der Waals surface area contributed by atoms with E-state index in [1.165, 1.54) is 48.5 Å². The molecule has 2 amide bonds. The van der Waals surface area contributed by atoms with Crippen molar-refractivity contribution in [3.63, 3.8) is 0 Å². The maximum Gasteiger partial charge on any atom is 0.258 e. The molecule has 9 nitrogen and oxygen atoms in total. The zero-order valence-electron chi connectivity index (χ0n) is 35.2. The Hall–Kier alpha value is -8.20. The SMILES string of the molecule is CN(c1ccc(N)cc1)c1ccc(N)cc1.CN(c1ccc(NC(=O)c2cc(F)c(F)c(F)c2F)cc1)c1ccc(NC(=O)c2cc(F)c(F)c(F)c2F)cc1.O=C(Cl)c1cc(F)c(F)c(F)c1F. The largest absolute Gasteiger partial charge is 0.399 e. The molecule has 0 unspecified atom stereocenters. The number of carbonyl (C=O) groups is 3. The van der Waals surface area contributed by atoms with Crippen molar-refractivity contribution in [2.75, 3.05) is 46.0 Å². The van der Waals surface area contributed by atoms with Crippen LogP contribution in [0.15, 0.2) is 115 Å². The molecule has 0 aromatic heterocycles. The summed E-state index contributed by atoms with van der Waals surface area (Å²) >= 11 is 4.77. The first-order valence-corrected chi connectivity index (χ1v) is 19.6. The van der Waals surface area contributed by atoms with Gasteiger partial charge in [-0.1, -0.05) is 0 Å². The summed E-state index contributed by atoms with van der Waals surface area (Å²) in [4.78, 5) is 38.6. The van der Waals surface area contributed by atoms with Crippen LogP contribution in [0.5, 0.6) is 0 Å². The van der Waals surface area contributed by atoms with E-state index in [9.17, 15) is 67.1 Å². The lowest BCUT2D eigenvalue weighted by Gasteiger charge is -2.20. The van der Waals surface area contributed by atoms with Gasteiger partial charge < -0.3 is 31.9 Å². The average molecular weight is 991 g/mol. The third-order valence-corrected chi connectivity index (χ3v) is 9.80. The minimum Gasteiger partial charge on any atom is -0.399 e. The lowest BCUT2D eigenvalue weighted by molar-refractivity contribution is 0.101. The molecule has 7 rings (SSSR count). The van der Waals surface area contributed by atoms with Crippen molar-refractivity contribution in [3.8, 4) is 0 Å². The van der Waals surface area contributed by atoms with Gasteiger partial charge in [0.2, 0.25) is 0 Å². The van der Waals surface area contributed by atoms with Crippen LogP contribution in [-0.4, -0.2) is 31.2 Å². The molecular formula is C47H31ClF12N6O3. The molecule has 0 bridgehead atoms. The Morgan fingerprint density at radius 1 is 0.391 bits per heavy atom. The molecule has 6 N–H and O–H groups in total. The maximum atomic E-state index is 13.9. The van der Waals surface area contributed by atoms with E-state index in [2.05, 4.69) is 15.5 Å². The molecule has 69 heavy (non-hydrogen) atoms. The fraction of sp³-hybridized carbons (Fsp3) is 0.0426. The van der Waals surface area contributed by atoms with Gasteiger partial charge in [-0.25, -0.2) is 52.7 Å². The second kappa shape index (κ2) is 22.1. The van der Waals surface area contributed by atoms with E-state index in [-0.39, 0.29) is 29.6 Å². The molecule has 0 radical (unpaired) electrons. The van der Waals surface area contributed by atoms with Gasteiger partial charge in [-0.05, 0) is 127 Å². The zero-order chi connectivity index (χ0) is 51.0. The van der Waals surface area contributed by atoms with Crippen LogP contribution < -0.4 is 31.9 Å². The van der Waals surface area contributed by atoms with Gasteiger partial charge in [0.05, 0.1) is 16.7 Å². The van der Waals surface area contributed by atoms with Crippen molar-refractivity contribution < 1.29 is 67.1 Å². The number of rotatable bonds is 9. The van der Waals surface area contributed by atoms with E-state index >= 15 is 0 Å². The molecule has 0 aliphatic carbocycles. The number of nitrogens with one attached hydrogen (secondary N) is 2. The van der Waals surface area contributed by atoms with Crippen molar-refractivity contribution in [2.24, 2.45) is 0 Å². The Morgan fingerprint density at radius 2 is 0.638 bits per heavy atom. The topological polar surface area (TPSA) is 134 Å². The van der Waals surface area contributed by atoms with Crippen LogP contribution >= 0.6 is 11.6 Å². The van der Waals surface area contributed by atoms with Crippen LogP contribution in [0.1, 0.15) is 31.1 Å². The number of nitrogens with two attached hydrogens (primary N) is 2. The van der Waals surface area contributed by atoms with Gasteiger partial charge in [-0.2, -0.15) is 0 Å². The molecule has 7 aromatic carbocycles. The predicted molar refractivity (Wildman–Crippen MR) is 236 cm³/mol. The highest BCUT2D eigenvalue weighted by Gasteiger charge is 2.25. The minimum atomic E-state index is -2.11. The lowest BCUT2D eigenvalue weighted by atomic mass is 10.1. The summed E-state index contributed by atoms with van der Waals surface area (Å²) in [5.74, 6) is -25.3. The molecule has 0 fully saturated rings. The summed E-state index contributed by atoms with van der Waals surface area (Å²) in [6, 6.07) is 28.0. The van der Waals surface area contributed by atoms with Crippen molar-refractivity contribution in [1.29, 1.82) is 0 Å². The summed E-state index contributed by atoms with van der Waals surface area (Å²) in [5.41, 5.74) is 13.4. The van der Waals surface area contributed by atoms with Gasteiger partial charge in [-0.3, -0.25) is 14.4 Å². The van der Waals surface area contributed by atoms with Gasteiger partial charge in [0.25, 0.3) is 17.1 Å². The maximum absolute atomic E-state index is 13.9. The minimum absolute atomic E-state index is 0.130. The van der Waals surface area contributed by atoms with E-state index in [0.29, 0.717) is 11.4 Å². The highest BCUT2D eigenvalue weighted by Crippen LogP contribution is 2.29. The number of benzene rings is 7. The fourth-order valence-corrected chi connectivity index (χ4v) is 5.96. The predicted octanol–water partition coefficient (Wildman–Crippen LogP) is 12.3. The Labute approximate surface area is 388 Å². The van der Waals surface area contributed by atoms with E-state index in [1.54, 1.807) is 11.9 Å². The van der Waals surface area contributed by atoms with E-state index in [0.717, 1.165) is 22.7 Å². The Balaban J connectivity index is 0.000000248. The molecule has 0 aliphatic heterocycles. The molecule has 0 spiro atoms. The molecule has 22 heteroatoms. The monoisotopic (exact) mass is 990 g/mol. The number of hydrogen-bond acceptors (Lipinski definition) is 7. The van der Waals surface area contributed by atoms with Crippen LogP contribution in [-0.2, 0) is 0 Å². The molecule has 0 heterocycles. The van der Waals surface area contributed by atoms with Crippen LogP contribution in [0, 0.1) is 69.8 Å². The van der Waals surface area contributed by atoms with E-state index < -0.39 is 104 Å². The molecule has 0 saturated carbocycles. The first-order chi connectivity index (χ1) is 32.5. The highest BCUT2D eigenvalue weighted by molar-refractivity contribution is 6.67. The Morgan fingerprint density at radius 3 is 0.913 bits per heavy atom. The molecule has 0 atom stereocenters. The number of nitrogens with zero attached hydrogens (tertiary/aromatic N) is 2. The zero-order valence-corrected chi connectivity index (χ0v) is 35.9. The second-order valence-corrected chi connectivity index (χ2v) is 14.5. The fourth-order valence-electron chi connectivity index (χ4n) is 5.82. The summed E-state index contributed by atoms with van der Waals surface area (Å²) in [5, 5.41) is 3.09. The Kier molecular flexibility index (Phi) is 16.6. The number of nitrogen functional groups attached to an aromatic ring is 2. The van der Waals surface area contributed by atoms with Crippen molar-refractivity contribution in [1.82, 2.24) is 0 Å². The van der Waals surface area contributed by atoms with Gasteiger partial charge in [0.1, 0.15) is 0 Å². The van der Waals surface area contributed by atoms with Crippen LogP contribution in [0.3, 0.4) is 0 Å². The second-order valence-electron chi connectivity index (χ2n) is 14.1. The molecule has 0 aliphatic rings. The summed E-state index contributed by atoms with van der Waals surface area (Å²) in [6.45, 7) is 0. The third-order valence-electron chi connectivity index (χ3n) is 9.59. The molecule has 0 saturated heterocycles. The highest BCUT2D eigenvalue weighted by atomic mass is 35.5. The Bertz CT molecular complexity index is 2870. The molecular weight excluding hydrogens is 960 g/mol. The van der Waals surface area contributed by atoms with Crippen molar-refractivity contribution in [3.05, 3.63) is 202 Å². The quantitative estimate of drug-likeness (QED) is 0.0372. The molecule has 358 valence electrons. The van der Waals surface area contributed by atoms with Gasteiger partial charge in [0, 0.05) is 59.6 Å². The van der Waals surface area contributed by atoms with Crippen LogP contribution in [0.2, 0.25) is 0 Å². The van der Waals surface area contributed by atoms with Gasteiger partial charge in [0.15, 0.2) is 69.8 Å². The number of halogens is 13. The number of carbonyl (C=O) groups excluding carboxylic acids is 3. The standard InChI is InChI=1S/C27H15F8N3O2.C13H15N3.C7HClF4O/c1-38(14-6-2-12(3-7-14)36-26(39)16-10-18(28)22(32)24(34)20(16)30)15-8-4-13(5-9-15)37-27(40)17-11-19(29)23(33)25(35)21(17)31;1-16(12-6-2-10(14)3-7-12)13-8-4-11(15)5-9-13;8-7(13)2-1-3(9)5(11)6(12)4(2)10/h2-11H,1H3,(H,36,39)(H,37,40);2-9H,14-15H2,1H3;1H. The summed E-state index contributed by atoms with van der Waals surface area (Å²) < 4.78 is 157. The van der Waals surface area contributed by atoms with Crippen LogP contribution in [0.25, 0.3) is 0 Å². The number of hydrogen-bond donors (Lipinski definition) is 4. The van der Waals surface area contributed by atoms with Crippen LogP contribution in [0.4, 0.5) is 98.2 Å². The van der Waals surface area contributed by atoms with Gasteiger partial charge in [-0.15, -0.1) is 0 Å². The normalized spacial score (nSPS) is 10.5. The summed E-state index contributed by atoms with van der Waals surface area (Å²) in [7, 11) is 3.66. The van der Waals surface area contributed by atoms with Gasteiger partial charge >= 0.3 is 0 Å². The first kappa shape index (κ1) is 51.8. The first-order valence-electron chi connectivity index (χ1n) is 19.2. The van der Waals surface area contributed by atoms with Crippen molar-refractivity contribution >= 4 is 74.2 Å². The van der Waals surface area contributed by atoms with E-state index in [1.807, 2.05) is 55.6 Å². The van der Waals surface area contributed by atoms with Crippen molar-refractivity contribution in [2.45, 2.75) is 0 Å². The third kappa shape index (κ3) is 12.2. The number of amides is 2. The lowest BCUT2D eigenvalue weighted by Crippen LogP contribution is -2.17. The molecule has 7 aromatic rings. The average Bonchev–Trinajstić information content (AvgIpc) is 3.33.